The molecule has 1 aliphatic carbocycles. The van der Waals surface area contributed by atoms with Crippen molar-refractivity contribution in [3.05, 3.63) is 33.3 Å². The summed E-state index contributed by atoms with van der Waals surface area (Å²) < 4.78 is 0.898. The van der Waals surface area contributed by atoms with Crippen LogP contribution in [0.1, 0.15) is 24.4 Å². The van der Waals surface area contributed by atoms with Gasteiger partial charge in [0.1, 0.15) is 11.9 Å². The molecule has 1 aromatic rings. The van der Waals surface area contributed by atoms with E-state index >= 15 is 0 Å². The van der Waals surface area contributed by atoms with Gasteiger partial charge in [0.2, 0.25) is 0 Å². The normalized spacial score (nSPS) is 22.8. The Morgan fingerprint density at radius 2 is 2.21 bits per heavy atom. The summed E-state index contributed by atoms with van der Waals surface area (Å²) in [6, 6.07) is 5.01. The van der Waals surface area contributed by atoms with Crippen LogP contribution in [-0.4, -0.2) is 23.3 Å². The standard InChI is InChI=1S/C13H13BrClN3O/c14-8-3-4-9(10(15)5-8)11-12(16)17-13(19)18(11)6-7-1-2-7/h3-5,7,11H,1-2,6H2,(H2,16,17,19). The van der Waals surface area contributed by atoms with Crippen LogP contribution in [0, 0.1) is 5.92 Å². The molecule has 0 saturated heterocycles. The summed E-state index contributed by atoms with van der Waals surface area (Å²) in [6.45, 7) is 0.708. The van der Waals surface area contributed by atoms with E-state index in [0.717, 1.165) is 10.0 Å². The van der Waals surface area contributed by atoms with E-state index in [9.17, 15) is 4.79 Å². The van der Waals surface area contributed by atoms with E-state index in [1.54, 1.807) is 4.90 Å². The third-order valence-corrected chi connectivity index (χ3v) is 4.29. The van der Waals surface area contributed by atoms with Crippen LogP contribution in [0.4, 0.5) is 4.79 Å². The first-order chi connectivity index (χ1) is 9.06. The first-order valence-electron chi connectivity index (χ1n) is 6.16. The fraction of sp³-hybridized carbons (Fsp3) is 0.385. The summed E-state index contributed by atoms with van der Waals surface area (Å²) in [5, 5.41) is 0.591. The van der Waals surface area contributed by atoms with E-state index in [-0.39, 0.29) is 12.1 Å². The molecule has 1 atom stereocenters. The topological polar surface area (TPSA) is 58.7 Å². The molecule has 1 aliphatic heterocycles. The summed E-state index contributed by atoms with van der Waals surface area (Å²) in [6.07, 6.45) is 2.34. The molecule has 1 saturated carbocycles. The van der Waals surface area contributed by atoms with Gasteiger partial charge in [-0.25, -0.2) is 4.79 Å². The van der Waals surface area contributed by atoms with Gasteiger partial charge in [-0.05, 0) is 30.9 Å². The molecule has 2 N–H and O–H groups in total. The molecule has 100 valence electrons. The molecule has 2 amide bonds. The third kappa shape index (κ3) is 2.49. The number of urea groups is 1. The lowest BCUT2D eigenvalue weighted by Crippen LogP contribution is -2.35. The van der Waals surface area contributed by atoms with Crippen LogP contribution in [0.5, 0.6) is 0 Å². The fourth-order valence-electron chi connectivity index (χ4n) is 2.32. The number of halogens is 2. The average molecular weight is 343 g/mol. The molecule has 1 aromatic carbocycles. The summed E-state index contributed by atoms with van der Waals surface area (Å²) >= 11 is 9.63. The van der Waals surface area contributed by atoms with E-state index in [1.807, 2.05) is 18.2 Å². The minimum Gasteiger partial charge on any atom is -0.385 e. The van der Waals surface area contributed by atoms with Crippen molar-refractivity contribution >= 4 is 39.4 Å². The predicted octanol–water partition coefficient (Wildman–Crippen LogP) is 3.35. The van der Waals surface area contributed by atoms with Crippen molar-refractivity contribution in [3.63, 3.8) is 0 Å². The minimum absolute atomic E-state index is 0.256. The molecule has 3 rings (SSSR count). The van der Waals surface area contributed by atoms with Crippen LogP contribution in [0.25, 0.3) is 0 Å². The Morgan fingerprint density at radius 1 is 1.47 bits per heavy atom. The van der Waals surface area contributed by atoms with Crippen molar-refractivity contribution in [2.45, 2.75) is 18.9 Å². The zero-order chi connectivity index (χ0) is 13.6. The molecule has 6 heteroatoms. The molecule has 4 nitrogen and oxygen atoms in total. The number of amidine groups is 1. The number of carbonyl (C=O) groups is 1. The highest BCUT2D eigenvalue weighted by atomic mass is 79.9. The Morgan fingerprint density at radius 3 is 2.84 bits per heavy atom. The van der Waals surface area contributed by atoms with Crippen LogP contribution in [0.2, 0.25) is 5.02 Å². The summed E-state index contributed by atoms with van der Waals surface area (Å²) in [5.74, 6) is 0.914. The fourth-order valence-corrected chi connectivity index (χ4v) is 3.10. The van der Waals surface area contributed by atoms with Gasteiger partial charge in [0.05, 0.1) is 0 Å². The number of hydrogen-bond acceptors (Lipinski definition) is 2. The number of nitrogens with zero attached hydrogens (tertiary/aromatic N) is 2. The van der Waals surface area contributed by atoms with E-state index in [1.165, 1.54) is 12.8 Å². The second-order valence-electron chi connectivity index (χ2n) is 4.98. The zero-order valence-corrected chi connectivity index (χ0v) is 12.5. The summed E-state index contributed by atoms with van der Waals surface area (Å²) in [5.41, 5.74) is 6.74. The largest absolute Gasteiger partial charge is 0.385 e. The van der Waals surface area contributed by atoms with E-state index < -0.39 is 0 Å². The second-order valence-corrected chi connectivity index (χ2v) is 6.31. The van der Waals surface area contributed by atoms with Crippen LogP contribution in [0.3, 0.4) is 0 Å². The predicted molar refractivity (Wildman–Crippen MR) is 78.3 cm³/mol. The van der Waals surface area contributed by atoms with Crippen LogP contribution in [-0.2, 0) is 0 Å². The maximum absolute atomic E-state index is 11.9. The van der Waals surface area contributed by atoms with Crippen molar-refractivity contribution in [1.29, 1.82) is 0 Å². The molecule has 0 aromatic heterocycles. The van der Waals surface area contributed by atoms with Gasteiger partial charge < -0.3 is 10.6 Å². The maximum Gasteiger partial charge on any atom is 0.346 e. The number of nitrogens with two attached hydrogens (primary N) is 1. The first-order valence-corrected chi connectivity index (χ1v) is 7.33. The number of hydrogen-bond donors (Lipinski definition) is 1. The Labute approximate surface area is 124 Å². The molecule has 1 unspecified atom stereocenters. The molecule has 0 bridgehead atoms. The van der Waals surface area contributed by atoms with Crippen molar-refractivity contribution in [2.24, 2.45) is 16.6 Å². The monoisotopic (exact) mass is 341 g/mol. The van der Waals surface area contributed by atoms with Crippen LogP contribution >= 0.6 is 27.5 Å². The SMILES string of the molecule is NC1=NC(=O)N(CC2CC2)C1c1ccc(Br)cc1Cl. The summed E-state index contributed by atoms with van der Waals surface area (Å²) in [7, 11) is 0. The molecule has 2 aliphatic rings. The molecule has 1 fully saturated rings. The maximum atomic E-state index is 11.9. The number of rotatable bonds is 3. The number of amides is 2. The van der Waals surface area contributed by atoms with Gasteiger partial charge in [-0.3, -0.25) is 0 Å². The van der Waals surface area contributed by atoms with Crippen molar-refractivity contribution < 1.29 is 4.79 Å². The van der Waals surface area contributed by atoms with Gasteiger partial charge in [0.15, 0.2) is 0 Å². The van der Waals surface area contributed by atoms with Gasteiger partial charge in [-0.15, -0.1) is 0 Å². The smallest absolute Gasteiger partial charge is 0.346 e. The molecule has 19 heavy (non-hydrogen) atoms. The highest BCUT2D eigenvalue weighted by Crippen LogP contribution is 2.37. The third-order valence-electron chi connectivity index (χ3n) is 3.47. The Kier molecular flexibility index (Phi) is 3.27. The van der Waals surface area contributed by atoms with E-state index in [2.05, 4.69) is 20.9 Å². The highest BCUT2D eigenvalue weighted by Gasteiger charge is 2.38. The van der Waals surface area contributed by atoms with Gasteiger partial charge in [-0.2, -0.15) is 4.99 Å². The number of benzene rings is 1. The lowest BCUT2D eigenvalue weighted by atomic mass is 10.0. The van der Waals surface area contributed by atoms with Crippen LogP contribution in [0.15, 0.2) is 27.7 Å². The van der Waals surface area contributed by atoms with Gasteiger partial charge in [0, 0.05) is 21.6 Å². The van der Waals surface area contributed by atoms with Gasteiger partial charge in [0.25, 0.3) is 0 Å². The second kappa shape index (κ2) is 4.80. The minimum atomic E-state index is -0.325. The van der Waals surface area contributed by atoms with Crippen molar-refractivity contribution in [1.82, 2.24) is 4.90 Å². The Balaban J connectivity index is 1.95. The van der Waals surface area contributed by atoms with E-state index in [0.29, 0.717) is 23.3 Å². The molecular formula is C13H13BrClN3O. The van der Waals surface area contributed by atoms with Gasteiger partial charge >= 0.3 is 6.03 Å². The average Bonchev–Trinajstić information content (AvgIpc) is 3.09. The Hall–Kier alpha value is -1.07. The molecule has 1 heterocycles. The lowest BCUT2D eigenvalue weighted by Gasteiger charge is -2.25. The van der Waals surface area contributed by atoms with Crippen molar-refractivity contribution in [2.75, 3.05) is 6.54 Å². The van der Waals surface area contributed by atoms with E-state index in [4.69, 9.17) is 17.3 Å². The highest BCUT2D eigenvalue weighted by molar-refractivity contribution is 9.10. The molecule has 0 spiro atoms. The Bertz CT molecular complexity index is 571. The van der Waals surface area contributed by atoms with Gasteiger partial charge in [-0.1, -0.05) is 33.6 Å². The lowest BCUT2D eigenvalue weighted by molar-refractivity contribution is 0.204. The molecular weight excluding hydrogens is 330 g/mol. The quantitative estimate of drug-likeness (QED) is 0.916. The first kappa shape index (κ1) is 12.9. The number of aliphatic imine (C=N–C) groups is 1. The number of carbonyl (C=O) groups excluding carboxylic acids is 1. The van der Waals surface area contributed by atoms with Crippen LogP contribution < -0.4 is 5.73 Å². The molecule has 0 radical (unpaired) electrons. The van der Waals surface area contributed by atoms with Crippen molar-refractivity contribution in [3.8, 4) is 0 Å². The zero-order valence-electron chi connectivity index (χ0n) is 10.1. The summed E-state index contributed by atoms with van der Waals surface area (Å²) in [4.78, 5) is 17.5.